The van der Waals surface area contributed by atoms with Crippen molar-refractivity contribution in [3.05, 3.63) is 17.3 Å². The van der Waals surface area contributed by atoms with Crippen LogP contribution in [0.2, 0.25) is 5.15 Å². The van der Waals surface area contributed by atoms with Gasteiger partial charge in [0.15, 0.2) is 0 Å². The van der Waals surface area contributed by atoms with Gasteiger partial charge < -0.3 is 9.64 Å². The molecule has 0 saturated carbocycles. The molecule has 0 unspecified atom stereocenters. The first-order valence-corrected chi connectivity index (χ1v) is 6.58. The monoisotopic (exact) mass is 269 g/mol. The Morgan fingerprint density at radius 2 is 1.89 bits per heavy atom. The number of aromatic nitrogens is 1. The summed E-state index contributed by atoms with van der Waals surface area (Å²) in [6, 6.07) is 4.81. The molecule has 2 atom stereocenters. The molecule has 0 radical (unpaired) electrons. The van der Waals surface area contributed by atoms with Gasteiger partial charge in [-0.05, 0) is 33.0 Å². The third-order valence-corrected chi connectivity index (χ3v) is 3.91. The number of rotatable bonds is 2. The van der Waals surface area contributed by atoms with Crippen LogP contribution in [0.15, 0.2) is 12.1 Å². The van der Waals surface area contributed by atoms with Gasteiger partial charge in [-0.2, -0.15) is 4.98 Å². The quantitative estimate of drug-likeness (QED) is 0.770. The molecule has 18 heavy (non-hydrogen) atoms. The molecule has 5 heteroatoms. The normalized spacial score (nSPS) is 25.3. The fourth-order valence-corrected chi connectivity index (χ4v) is 2.54. The Bertz CT molecular complexity index is 415. The van der Waals surface area contributed by atoms with Crippen molar-refractivity contribution in [2.75, 3.05) is 32.1 Å². The lowest BCUT2D eigenvalue weighted by Crippen LogP contribution is -2.55. The van der Waals surface area contributed by atoms with Gasteiger partial charge in [0.25, 0.3) is 0 Å². The van der Waals surface area contributed by atoms with Crippen molar-refractivity contribution in [2.24, 2.45) is 0 Å². The highest BCUT2D eigenvalue weighted by molar-refractivity contribution is 6.29. The second-order valence-electron chi connectivity index (χ2n) is 4.93. The van der Waals surface area contributed by atoms with E-state index in [1.54, 1.807) is 7.11 Å². The van der Waals surface area contributed by atoms with Gasteiger partial charge in [-0.25, -0.2) is 0 Å². The lowest BCUT2D eigenvalue weighted by Gasteiger charge is -2.43. The molecule has 0 bridgehead atoms. The highest BCUT2D eigenvalue weighted by atomic mass is 35.5. The predicted molar refractivity (Wildman–Crippen MR) is 74.7 cm³/mol. The van der Waals surface area contributed by atoms with Crippen LogP contribution in [-0.2, 0) is 0 Å². The summed E-state index contributed by atoms with van der Waals surface area (Å²) in [5.74, 6) is 0.603. The lowest BCUT2D eigenvalue weighted by atomic mass is 10.1. The van der Waals surface area contributed by atoms with E-state index in [9.17, 15) is 0 Å². The van der Waals surface area contributed by atoms with E-state index in [2.05, 4.69) is 35.7 Å². The molecule has 1 aromatic heterocycles. The molecule has 1 saturated heterocycles. The maximum atomic E-state index is 5.90. The fourth-order valence-electron chi connectivity index (χ4n) is 2.40. The molecule has 2 heterocycles. The molecule has 0 N–H and O–H groups in total. The summed E-state index contributed by atoms with van der Waals surface area (Å²) in [7, 11) is 3.80. The van der Waals surface area contributed by atoms with E-state index in [0.29, 0.717) is 23.1 Å². The molecule has 0 spiro atoms. The zero-order valence-electron chi connectivity index (χ0n) is 11.4. The molecule has 1 aliphatic heterocycles. The molecule has 1 aromatic rings. The van der Waals surface area contributed by atoms with Gasteiger partial charge >= 0.3 is 0 Å². The molecular weight excluding hydrogens is 250 g/mol. The third-order valence-electron chi connectivity index (χ3n) is 3.70. The Morgan fingerprint density at radius 3 is 2.44 bits per heavy atom. The van der Waals surface area contributed by atoms with E-state index in [1.165, 1.54) is 0 Å². The van der Waals surface area contributed by atoms with E-state index in [1.807, 2.05) is 12.1 Å². The number of piperazine rings is 1. The van der Waals surface area contributed by atoms with Crippen molar-refractivity contribution >= 4 is 17.3 Å². The smallest absolute Gasteiger partial charge is 0.238 e. The Labute approximate surface area is 114 Å². The molecule has 100 valence electrons. The van der Waals surface area contributed by atoms with E-state index in [0.717, 1.165) is 18.8 Å². The average Bonchev–Trinajstić information content (AvgIpc) is 2.35. The minimum atomic E-state index is 0.464. The van der Waals surface area contributed by atoms with E-state index < -0.39 is 0 Å². The van der Waals surface area contributed by atoms with Crippen LogP contribution in [0, 0.1) is 0 Å². The molecule has 2 rings (SSSR count). The van der Waals surface area contributed by atoms with E-state index in [4.69, 9.17) is 16.3 Å². The largest absolute Gasteiger partial charge is 0.479 e. The number of pyridine rings is 1. The Morgan fingerprint density at radius 1 is 1.28 bits per heavy atom. The van der Waals surface area contributed by atoms with Crippen LogP contribution in [0.1, 0.15) is 13.8 Å². The van der Waals surface area contributed by atoms with Gasteiger partial charge in [0.05, 0.1) is 7.11 Å². The molecular formula is C13H20ClN3O. The second kappa shape index (κ2) is 5.33. The SMILES string of the molecule is COc1nc(Cl)ccc1N1C[C@@H](C)N(C)[C@@H](C)C1. The lowest BCUT2D eigenvalue weighted by molar-refractivity contribution is 0.169. The van der Waals surface area contributed by atoms with E-state index in [-0.39, 0.29) is 0 Å². The van der Waals surface area contributed by atoms with Gasteiger partial charge in [-0.1, -0.05) is 11.6 Å². The molecule has 0 aliphatic carbocycles. The Kier molecular flexibility index (Phi) is 3.97. The van der Waals surface area contributed by atoms with Crippen molar-refractivity contribution in [3.8, 4) is 5.88 Å². The highest BCUT2D eigenvalue weighted by Gasteiger charge is 2.28. The van der Waals surface area contributed by atoms with E-state index >= 15 is 0 Å². The zero-order valence-corrected chi connectivity index (χ0v) is 12.1. The summed E-state index contributed by atoms with van der Waals surface area (Å²) in [5.41, 5.74) is 1.02. The first-order valence-electron chi connectivity index (χ1n) is 6.20. The van der Waals surface area contributed by atoms with Crippen molar-refractivity contribution in [1.29, 1.82) is 0 Å². The summed E-state index contributed by atoms with van der Waals surface area (Å²) < 4.78 is 5.33. The fraction of sp³-hybridized carbons (Fsp3) is 0.615. The third kappa shape index (κ3) is 2.54. The van der Waals surface area contributed by atoms with Crippen molar-refractivity contribution < 1.29 is 4.74 Å². The molecule has 1 fully saturated rings. The number of anilines is 1. The van der Waals surface area contributed by atoms with Crippen LogP contribution in [-0.4, -0.2) is 49.2 Å². The minimum Gasteiger partial charge on any atom is -0.479 e. The number of methoxy groups -OCH3 is 1. The maximum absolute atomic E-state index is 5.90. The summed E-state index contributed by atoms with van der Waals surface area (Å²) in [6.45, 7) is 6.41. The zero-order chi connectivity index (χ0) is 13.3. The van der Waals surface area contributed by atoms with Gasteiger partial charge in [0, 0.05) is 25.2 Å². The summed E-state index contributed by atoms with van der Waals surface area (Å²) in [4.78, 5) is 8.94. The Hall–Kier alpha value is -1.00. The maximum Gasteiger partial charge on any atom is 0.238 e. The average molecular weight is 270 g/mol. The van der Waals surface area contributed by atoms with Crippen molar-refractivity contribution in [1.82, 2.24) is 9.88 Å². The first-order chi connectivity index (χ1) is 8.52. The number of halogens is 1. The summed E-state index contributed by atoms with van der Waals surface area (Å²) in [6.07, 6.45) is 0. The number of hydrogen-bond donors (Lipinski definition) is 0. The topological polar surface area (TPSA) is 28.6 Å². The van der Waals surface area contributed by atoms with Crippen LogP contribution in [0.5, 0.6) is 5.88 Å². The van der Waals surface area contributed by atoms with Crippen molar-refractivity contribution in [2.45, 2.75) is 25.9 Å². The second-order valence-corrected chi connectivity index (χ2v) is 5.32. The standard InChI is InChI=1S/C13H20ClN3O/c1-9-7-17(8-10(2)16(9)3)11-5-6-12(14)15-13(11)18-4/h5-6,9-10H,7-8H2,1-4H3/t9-,10+. The van der Waals surface area contributed by atoms with Gasteiger partial charge in [-0.3, -0.25) is 4.90 Å². The number of hydrogen-bond acceptors (Lipinski definition) is 4. The summed E-state index contributed by atoms with van der Waals surface area (Å²) in [5, 5.41) is 0.464. The highest BCUT2D eigenvalue weighted by Crippen LogP contribution is 2.30. The van der Waals surface area contributed by atoms with Gasteiger partial charge in [0.2, 0.25) is 5.88 Å². The number of likely N-dealkylation sites (N-methyl/N-ethyl adjacent to an activating group) is 1. The Balaban J connectivity index is 2.26. The molecule has 0 aromatic carbocycles. The number of nitrogens with zero attached hydrogens (tertiary/aromatic N) is 3. The van der Waals surface area contributed by atoms with Crippen LogP contribution in [0.3, 0.4) is 0 Å². The number of ether oxygens (including phenoxy) is 1. The van der Waals surface area contributed by atoms with Crippen LogP contribution >= 0.6 is 11.6 Å². The van der Waals surface area contributed by atoms with Crippen LogP contribution in [0.25, 0.3) is 0 Å². The van der Waals surface area contributed by atoms with Gasteiger partial charge in [0.1, 0.15) is 10.8 Å². The molecule has 1 aliphatic rings. The minimum absolute atomic E-state index is 0.464. The summed E-state index contributed by atoms with van der Waals surface area (Å²) >= 11 is 5.90. The van der Waals surface area contributed by atoms with Crippen LogP contribution in [0.4, 0.5) is 5.69 Å². The predicted octanol–water partition coefficient (Wildman–Crippen LogP) is 2.27. The molecule has 4 nitrogen and oxygen atoms in total. The first kappa shape index (κ1) is 13.4. The van der Waals surface area contributed by atoms with Crippen molar-refractivity contribution in [3.63, 3.8) is 0 Å². The van der Waals surface area contributed by atoms with Crippen LogP contribution < -0.4 is 9.64 Å². The van der Waals surface area contributed by atoms with Gasteiger partial charge in [-0.15, -0.1) is 0 Å². The molecule has 0 amide bonds.